The van der Waals surface area contributed by atoms with Crippen molar-refractivity contribution in [3.63, 3.8) is 0 Å². The summed E-state index contributed by atoms with van der Waals surface area (Å²) in [6, 6.07) is 7.08. The molecule has 1 aromatic heterocycles. The smallest absolute Gasteiger partial charge is 0.338 e. The Hall–Kier alpha value is -2.08. The van der Waals surface area contributed by atoms with E-state index in [1.807, 2.05) is 13.0 Å². The first-order valence-electron chi connectivity index (χ1n) is 5.80. The van der Waals surface area contributed by atoms with Crippen LogP contribution in [0.1, 0.15) is 21.6 Å². The lowest BCUT2D eigenvalue weighted by atomic mass is 10.2. The van der Waals surface area contributed by atoms with Crippen molar-refractivity contribution in [2.75, 3.05) is 0 Å². The molecule has 0 fully saturated rings. The van der Waals surface area contributed by atoms with E-state index in [9.17, 15) is 13.4 Å². The SMILES string of the molecule is Cc1cccnc1CS(=O)c1ccc(F)c(C(=O)O)c1. The first kappa shape index (κ1) is 14.3. The van der Waals surface area contributed by atoms with Gasteiger partial charge in [0.15, 0.2) is 0 Å². The van der Waals surface area contributed by atoms with Gasteiger partial charge in [-0.15, -0.1) is 0 Å². The molecular weight excluding hydrogens is 281 g/mol. The van der Waals surface area contributed by atoms with Crippen LogP contribution >= 0.6 is 0 Å². The Labute approximate surface area is 117 Å². The Bertz CT molecular complexity index is 688. The topological polar surface area (TPSA) is 67.3 Å². The molecule has 0 aliphatic heterocycles. The second-order valence-corrected chi connectivity index (χ2v) is 5.65. The van der Waals surface area contributed by atoms with Gasteiger partial charge < -0.3 is 5.11 Å². The van der Waals surface area contributed by atoms with Crippen LogP contribution in [-0.4, -0.2) is 20.3 Å². The van der Waals surface area contributed by atoms with Gasteiger partial charge in [-0.1, -0.05) is 6.07 Å². The standard InChI is InChI=1S/C14H12FNO3S/c1-9-3-2-6-16-13(9)8-20(19)10-4-5-12(15)11(7-10)14(17)18/h2-7H,8H2,1H3,(H,17,18). The third-order valence-corrected chi connectivity index (χ3v) is 4.13. The minimum atomic E-state index is -1.47. The van der Waals surface area contributed by atoms with Crippen LogP contribution in [0, 0.1) is 12.7 Å². The van der Waals surface area contributed by atoms with Gasteiger partial charge in [0.2, 0.25) is 0 Å². The van der Waals surface area contributed by atoms with Crippen LogP contribution in [0.4, 0.5) is 4.39 Å². The van der Waals surface area contributed by atoms with Gasteiger partial charge in [-0.3, -0.25) is 9.19 Å². The lowest BCUT2D eigenvalue weighted by Crippen LogP contribution is -2.05. The number of nitrogens with zero attached hydrogens (tertiary/aromatic N) is 1. The van der Waals surface area contributed by atoms with Crippen LogP contribution in [0.5, 0.6) is 0 Å². The first-order chi connectivity index (χ1) is 9.49. The molecule has 0 saturated heterocycles. The van der Waals surface area contributed by atoms with Crippen molar-refractivity contribution in [2.45, 2.75) is 17.6 Å². The van der Waals surface area contributed by atoms with Crippen molar-refractivity contribution in [3.05, 3.63) is 59.2 Å². The minimum Gasteiger partial charge on any atom is -0.478 e. The van der Waals surface area contributed by atoms with Crippen molar-refractivity contribution in [3.8, 4) is 0 Å². The van der Waals surface area contributed by atoms with Gasteiger partial charge >= 0.3 is 5.97 Å². The van der Waals surface area contributed by atoms with Crippen LogP contribution < -0.4 is 0 Å². The van der Waals surface area contributed by atoms with Crippen LogP contribution in [0.2, 0.25) is 0 Å². The number of pyridine rings is 1. The molecule has 2 aromatic rings. The van der Waals surface area contributed by atoms with Gasteiger partial charge in [-0.25, -0.2) is 9.18 Å². The number of rotatable bonds is 4. The number of aromatic carboxylic acids is 1. The fourth-order valence-corrected chi connectivity index (χ4v) is 2.87. The second-order valence-electron chi connectivity index (χ2n) is 4.20. The maximum Gasteiger partial charge on any atom is 0.338 e. The number of halogens is 1. The zero-order valence-electron chi connectivity index (χ0n) is 10.7. The molecule has 6 heteroatoms. The monoisotopic (exact) mass is 293 g/mol. The third-order valence-electron chi connectivity index (χ3n) is 2.82. The second kappa shape index (κ2) is 5.92. The fourth-order valence-electron chi connectivity index (χ4n) is 1.69. The maximum absolute atomic E-state index is 13.3. The Kier molecular flexibility index (Phi) is 4.24. The van der Waals surface area contributed by atoms with Gasteiger partial charge in [-0.2, -0.15) is 0 Å². The Balaban J connectivity index is 2.28. The molecule has 0 aliphatic rings. The van der Waals surface area contributed by atoms with Crippen molar-refractivity contribution in [1.82, 2.24) is 4.98 Å². The van der Waals surface area contributed by atoms with E-state index in [1.54, 1.807) is 12.3 Å². The van der Waals surface area contributed by atoms with E-state index < -0.39 is 28.1 Å². The molecule has 1 heterocycles. The van der Waals surface area contributed by atoms with Gasteiger partial charge in [0.25, 0.3) is 0 Å². The molecule has 4 nitrogen and oxygen atoms in total. The lowest BCUT2D eigenvalue weighted by molar-refractivity contribution is 0.0691. The van der Waals surface area contributed by atoms with E-state index in [-0.39, 0.29) is 10.6 Å². The third kappa shape index (κ3) is 3.08. The number of aromatic nitrogens is 1. The summed E-state index contributed by atoms with van der Waals surface area (Å²) >= 11 is 0. The molecule has 0 amide bonds. The number of carboxylic acid groups (broad SMARTS) is 1. The molecule has 1 atom stereocenters. The molecule has 1 N–H and O–H groups in total. The molecule has 104 valence electrons. The van der Waals surface area contributed by atoms with Crippen molar-refractivity contribution < 1.29 is 18.5 Å². The van der Waals surface area contributed by atoms with Crippen molar-refractivity contribution >= 4 is 16.8 Å². The predicted octanol–water partition coefficient (Wildman–Crippen LogP) is 2.54. The highest BCUT2D eigenvalue weighted by atomic mass is 32.2. The van der Waals surface area contributed by atoms with Crippen molar-refractivity contribution in [2.24, 2.45) is 0 Å². The van der Waals surface area contributed by atoms with E-state index in [2.05, 4.69) is 4.98 Å². The number of hydrogen-bond donors (Lipinski definition) is 1. The van der Waals surface area contributed by atoms with E-state index in [1.165, 1.54) is 6.07 Å². The maximum atomic E-state index is 13.3. The zero-order chi connectivity index (χ0) is 14.7. The van der Waals surface area contributed by atoms with Crippen LogP contribution in [-0.2, 0) is 16.6 Å². The summed E-state index contributed by atoms with van der Waals surface area (Å²) in [5.41, 5.74) is 1.10. The lowest BCUT2D eigenvalue weighted by Gasteiger charge is -2.06. The molecule has 0 radical (unpaired) electrons. The number of carboxylic acids is 1. The molecule has 0 saturated carbocycles. The van der Waals surface area contributed by atoms with Crippen LogP contribution in [0.15, 0.2) is 41.4 Å². The summed E-state index contributed by atoms with van der Waals surface area (Å²) in [5, 5.41) is 8.85. The van der Waals surface area contributed by atoms with E-state index >= 15 is 0 Å². The van der Waals surface area contributed by atoms with Crippen LogP contribution in [0.3, 0.4) is 0 Å². The molecule has 0 spiro atoms. The fraction of sp³-hybridized carbons (Fsp3) is 0.143. The summed E-state index contributed by atoms with van der Waals surface area (Å²) in [6.45, 7) is 1.85. The van der Waals surface area contributed by atoms with E-state index in [4.69, 9.17) is 5.11 Å². The average Bonchev–Trinajstić information content (AvgIpc) is 2.41. The highest BCUT2D eigenvalue weighted by molar-refractivity contribution is 7.84. The summed E-state index contributed by atoms with van der Waals surface area (Å²) < 4.78 is 25.5. The summed E-state index contributed by atoms with van der Waals surface area (Å²) in [5.74, 6) is -2.06. The highest BCUT2D eigenvalue weighted by Gasteiger charge is 2.14. The molecule has 20 heavy (non-hydrogen) atoms. The van der Waals surface area contributed by atoms with Gasteiger partial charge in [0, 0.05) is 11.1 Å². The Morgan fingerprint density at radius 2 is 2.15 bits per heavy atom. The van der Waals surface area contributed by atoms with E-state index in [0.717, 1.165) is 17.7 Å². The molecular formula is C14H12FNO3S. The van der Waals surface area contributed by atoms with E-state index in [0.29, 0.717) is 5.69 Å². The Morgan fingerprint density at radius 1 is 1.40 bits per heavy atom. The molecule has 1 unspecified atom stereocenters. The molecule has 2 rings (SSSR count). The normalized spacial score (nSPS) is 12.1. The Morgan fingerprint density at radius 3 is 2.80 bits per heavy atom. The minimum absolute atomic E-state index is 0.164. The largest absolute Gasteiger partial charge is 0.478 e. The molecule has 0 bridgehead atoms. The first-order valence-corrected chi connectivity index (χ1v) is 7.12. The van der Waals surface area contributed by atoms with Gasteiger partial charge in [0.1, 0.15) is 5.82 Å². The van der Waals surface area contributed by atoms with Gasteiger partial charge in [0.05, 0.1) is 27.8 Å². The zero-order valence-corrected chi connectivity index (χ0v) is 11.5. The predicted molar refractivity (Wildman–Crippen MR) is 72.4 cm³/mol. The number of benzene rings is 1. The number of aryl methyl sites for hydroxylation is 1. The molecule has 0 aliphatic carbocycles. The molecule has 1 aromatic carbocycles. The summed E-state index contributed by atoms with van der Waals surface area (Å²) in [7, 11) is -1.47. The summed E-state index contributed by atoms with van der Waals surface area (Å²) in [6.07, 6.45) is 1.60. The van der Waals surface area contributed by atoms with Gasteiger partial charge in [-0.05, 0) is 36.8 Å². The average molecular weight is 293 g/mol. The summed E-state index contributed by atoms with van der Waals surface area (Å²) in [4.78, 5) is 15.3. The highest BCUT2D eigenvalue weighted by Crippen LogP contribution is 2.17. The number of hydrogen-bond acceptors (Lipinski definition) is 3. The van der Waals surface area contributed by atoms with Crippen LogP contribution in [0.25, 0.3) is 0 Å². The quantitative estimate of drug-likeness (QED) is 0.940. The number of carbonyl (C=O) groups is 1. The van der Waals surface area contributed by atoms with Crippen molar-refractivity contribution in [1.29, 1.82) is 0 Å².